The average Bonchev–Trinajstić information content (AvgIpc) is 2.46. The molecule has 0 aliphatic carbocycles. The zero-order valence-electron chi connectivity index (χ0n) is 12.5. The normalized spacial score (nSPS) is 11.0. The van der Waals surface area contributed by atoms with Crippen LogP contribution in [0.1, 0.15) is 19.4 Å². The highest BCUT2D eigenvalue weighted by molar-refractivity contribution is 5.78. The minimum atomic E-state index is -0.307. The molecule has 21 heavy (non-hydrogen) atoms. The molecule has 2 aromatic carbocycles. The highest BCUT2D eigenvalue weighted by Gasteiger charge is 2.21. The summed E-state index contributed by atoms with van der Waals surface area (Å²) in [6, 6.07) is 19.5. The molecule has 0 aromatic heterocycles. The molecule has 3 heteroatoms. The van der Waals surface area contributed by atoms with Gasteiger partial charge in [-0.05, 0) is 38.0 Å². The molecule has 0 atom stereocenters. The lowest BCUT2D eigenvalue weighted by Gasteiger charge is -2.26. The highest BCUT2D eigenvalue weighted by atomic mass is 16.5. The first-order valence-corrected chi connectivity index (χ1v) is 7.08. The maximum atomic E-state index is 12.0. The van der Waals surface area contributed by atoms with E-state index in [1.807, 2.05) is 62.4 Å². The second-order valence-electron chi connectivity index (χ2n) is 5.70. The third-order valence-electron chi connectivity index (χ3n) is 3.08. The molecule has 0 spiro atoms. The maximum absolute atomic E-state index is 12.0. The van der Waals surface area contributed by atoms with Crippen molar-refractivity contribution in [3.05, 3.63) is 66.2 Å². The number of benzene rings is 2. The first kappa shape index (κ1) is 15.1. The van der Waals surface area contributed by atoms with Crippen molar-refractivity contribution in [1.82, 2.24) is 5.32 Å². The molecule has 0 bridgehead atoms. The second-order valence-corrected chi connectivity index (χ2v) is 5.70. The Balaban J connectivity index is 1.83. The van der Waals surface area contributed by atoms with Gasteiger partial charge in [0.2, 0.25) is 0 Å². The lowest BCUT2D eigenvalue weighted by molar-refractivity contribution is -0.124. The molecule has 0 heterocycles. The lowest BCUT2D eigenvalue weighted by Crippen LogP contribution is -2.47. The quantitative estimate of drug-likeness (QED) is 0.884. The molecule has 2 aromatic rings. The van der Waals surface area contributed by atoms with Gasteiger partial charge in [-0.1, -0.05) is 48.5 Å². The number of nitrogens with one attached hydrogen (secondary N) is 1. The van der Waals surface area contributed by atoms with Crippen LogP contribution in [0.25, 0.3) is 0 Å². The molecular weight excluding hydrogens is 262 g/mol. The predicted octanol–water partition coefficient (Wildman–Crippen LogP) is 3.20. The van der Waals surface area contributed by atoms with Gasteiger partial charge >= 0.3 is 0 Å². The van der Waals surface area contributed by atoms with E-state index in [2.05, 4.69) is 17.4 Å². The van der Waals surface area contributed by atoms with Gasteiger partial charge in [-0.2, -0.15) is 0 Å². The van der Waals surface area contributed by atoms with Gasteiger partial charge < -0.3 is 10.1 Å². The van der Waals surface area contributed by atoms with E-state index in [-0.39, 0.29) is 18.1 Å². The molecule has 3 nitrogen and oxygen atoms in total. The van der Waals surface area contributed by atoms with Crippen molar-refractivity contribution >= 4 is 5.91 Å². The Morgan fingerprint density at radius 3 is 2.19 bits per heavy atom. The summed E-state index contributed by atoms with van der Waals surface area (Å²) in [5.74, 6) is 0.591. The summed E-state index contributed by atoms with van der Waals surface area (Å²) in [5, 5.41) is 3.01. The molecule has 110 valence electrons. The lowest BCUT2D eigenvalue weighted by atomic mass is 9.95. The number of para-hydroxylation sites is 1. The predicted molar refractivity (Wildman–Crippen MR) is 84.3 cm³/mol. The van der Waals surface area contributed by atoms with E-state index < -0.39 is 0 Å². The molecular formula is C18H21NO2. The Hall–Kier alpha value is -2.29. The number of amides is 1. The summed E-state index contributed by atoms with van der Waals surface area (Å²) < 4.78 is 5.45. The van der Waals surface area contributed by atoms with E-state index in [9.17, 15) is 4.79 Å². The van der Waals surface area contributed by atoms with Crippen LogP contribution in [0.2, 0.25) is 0 Å². The number of carbonyl (C=O) groups excluding carboxylic acids is 1. The van der Waals surface area contributed by atoms with Crippen molar-refractivity contribution in [3.63, 3.8) is 0 Å². The Labute approximate surface area is 126 Å². The zero-order chi connectivity index (χ0) is 15.1. The third-order valence-corrected chi connectivity index (χ3v) is 3.08. The van der Waals surface area contributed by atoms with Crippen LogP contribution in [0, 0.1) is 0 Å². The SMILES string of the molecule is CC(C)(Cc1ccccc1)NC(=O)COc1ccccc1. The van der Waals surface area contributed by atoms with Crippen LogP contribution in [0.15, 0.2) is 60.7 Å². The van der Waals surface area contributed by atoms with Crippen LogP contribution in [0.4, 0.5) is 0 Å². The topological polar surface area (TPSA) is 38.3 Å². The molecule has 0 aliphatic heterocycles. The van der Waals surface area contributed by atoms with Gasteiger partial charge in [-0.15, -0.1) is 0 Å². The van der Waals surface area contributed by atoms with E-state index >= 15 is 0 Å². The van der Waals surface area contributed by atoms with Gasteiger partial charge in [0.15, 0.2) is 6.61 Å². The standard InChI is InChI=1S/C18H21NO2/c1-18(2,13-15-9-5-3-6-10-15)19-17(20)14-21-16-11-7-4-8-12-16/h3-12H,13-14H2,1-2H3,(H,19,20). The van der Waals surface area contributed by atoms with Crippen LogP contribution >= 0.6 is 0 Å². The van der Waals surface area contributed by atoms with Crippen LogP contribution in [-0.4, -0.2) is 18.1 Å². The zero-order valence-corrected chi connectivity index (χ0v) is 12.5. The van der Waals surface area contributed by atoms with Crippen LogP contribution in [-0.2, 0) is 11.2 Å². The number of hydrogen-bond acceptors (Lipinski definition) is 2. The molecule has 0 radical (unpaired) electrons. The summed E-state index contributed by atoms with van der Waals surface area (Å²) in [7, 11) is 0. The van der Waals surface area contributed by atoms with Crippen molar-refractivity contribution in [1.29, 1.82) is 0 Å². The van der Waals surface area contributed by atoms with E-state index in [4.69, 9.17) is 4.74 Å². The Kier molecular flexibility index (Phi) is 4.99. The molecule has 0 saturated carbocycles. The first-order valence-electron chi connectivity index (χ1n) is 7.08. The molecule has 0 saturated heterocycles. The molecule has 1 N–H and O–H groups in total. The van der Waals surface area contributed by atoms with Gasteiger partial charge in [0, 0.05) is 5.54 Å². The summed E-state index contributed by atoms with van der Waals surface area (Å²) in [4.78, 5) is 12.0. The Morgan fingerprint density at radius 1 is 1.00 bits per heavy atom. The maximum Gasteiger partial charge on any atom is 0.258 e. The molecule has 2 rings (SSSR count). The van der Waals surface area contributed by atoms with Crippen LogP contribution in [0.3, 0.4) is 0 Å². The number of rotatable bonds is 6. The number of carbonyl (C=O) groups is 1. The Bertz CT molecular complexity index is 564. The van der Waals surface area contributed by atoms with E-state index in [0.29, 0.717) is 5.75 Å². The smallest absolute Gasteiger partial charge is 0.258 e. The van der Waals surface area contributed by atoms with Gasteiger partial charge in [0.25, 0.3) is 5.91 Å². The molecule has 0 fully saturated rings. The largest absolute Gasteiger partial charge is 0.484 e. The van der Waals surface area contributed by atoms with E-state index in [1.54, 1.807) is 0 Å². The first-order chi connectivity index (χ1) is 10.1. The summed E-state index contributed by atoms with van der Waals surface area (Å²) in [6.07, 6.45) is 0.783. The fourth-order valence-corrected chi connectivity index (χ4v) is 2.23. The minimum Gasteiger partial charge on any atom is -0.484 e. The number of ether oxygens (including phenoxy) is 1. The average molecular weight is 283 g/mol. The number of hydrogen-bond donors (Lipinski definition) is 1. The fourth-order valence-electron chi connectivity index (χ4n) is 2.23. The van der Waals surface area contributed by atoms with Gasteiger partial charge in [0.05, 0.1) is 0 Å². The molecule has 0 unspecified atom stereocenters. The van der Waals surface area contributed by atoms with E-state index in [1.165, 1.54) is 5.56 Å². The van der Waals surface area contributed by atoms with Gasteiger partial charge in [-0.25, -0.2) is 0 Å². The summed E-state index contributed by atoms with van der Waals surface area (Å²) >= 11 is 0. The third kappa shape index (κ3) is 5.30. The summed E-state index contributed by atoms with van der Waals surface area (Å²) in [6.45, 7) is 4.06. The Morgan fingerprint density at radius 2 is 1.57 bits per heavy atom. The highest BCUT2D eigenvalue weighted by Crippen LogP contribution is 2.13. The van der Waals surface area contributed by atoms with Crippen molar-refractivity contribution in [2.45, 2.75) is 25.8 Å². The molecule has 1 amide bonds. The van der Waals surface area contributed by atoms with E-state index in [0.717, 1.165) is 6.42 Å². The molecule has 0 aliphatic rings. The summed E-state index contributed by atoms with van der Waals surface area (Å²) in [5.41, 5.74) is 0.894. The van der Waals surface area contributed by atoms with Gasteiger partial charge in [-0.3, -0.25) is 4.79 Å². The second kappa shape index (κ2) is 6.93. The van der Waals surface area contributed by atoms with Crippen LogP contribution < -0.4 is 10.1 Å². The fraction of sp³-hybridized carbons (Fsp3) is 0.278. The van der Waals surface area contributed by atoms with Crippen molar-refractivity contribution in [2.24, 2.45) is 0 Å². The van der Waals surface area contributed by atoms with Crippen molar-refractivity contribution in [3.8, 4) is 5.75 Å². The van der Waals surface area contributed by atoms with Crippen molar-refractivity contribution < 1.29 is 9.53 Å². The monoisotopic (exact) mass is 283 g/mol. The van der Waals surface area contributed by atoms with Gasteiger partial charge in [0.1, 0.15) is 5.75 Å². The minimum absolute atomic E-state index is 0.0300. The van der Waals surface area contributed by atoms with Crippen molar-refractivity contribution in [2.75, 3.05) is 6.61 Å². The van der Waals surface area contributed by atoms with Crippen LogP contribution in [0.5, 0.6) is 5.75 Å².